The van der Waals surface area contributed by atoms with Crippen LogP contribution in [0.2, 0.25) is 0 Å². The third-order valence-electron chi connectivity index (χ3n) is 2.94. The van der Waals surface area contributed by atoms with Crippen molar-refractivity contribution in [3.05, 3.63) is 59.5 Å². The molecule has 2 aromatic rings. The Morgan fingerprint density at radius 1 is 1.28 bits per heavy atom. The second-order valence-corrected chi connectivity index (χ2v) is 4.51. The number of carboxylic acid groups (broad SMARTS) is 1. The highest BCUT2D eigenvalue weighted by atomic mass is 16.4. The van der Waals surface area contributed by atoms with E-state index < -0.39 is 11.9 Å². The number of hydrogen-bond donors (Lipinski definition) is 1. The van der Waals surface area contributed by atoms with Crippen LogP contribution in [0.25, 0.3) is 0 Å². The molecule has 0 aliphatic rings. The fourth-order valence-electron chi connectivity index (χ4n) is 2.04. The van der Waals surface area contributed by atoms with E-state index in [9.17, 15) is 9.90 Å². The molecule has 94 valence electrons. The second-order valence-electron chi connectivity index (χ2n) is 4.51. The van der Waals surface area contributed by atoms with E-state index in [4.69, 9.17) is 4.42 Å². The van der Waals surface area contributed by atoms with Gasteiger partial charge in [0.2, 0.25) is 0 Å². The largest absolute Gasteiger partial charge is 0.481 e. The summed E-state index contributed by atoms with van der Waals surface area (Å²) in [5, 5.41) is 9.26. The minimum atomic E-state index is -0.784. The van der Waals surface area contributed by atoms with Crippen LogP contribution in [0.4, 0.5) is 0 Å². The molecule has 0 fully saturated rings. The van der Waals surface area contributed by atoms with Gasteiger partial charge in [-0.3, -0.25) is 4.79 Å². The molecule has 0 spiro atoms. The first-order chi connectivity index (χ1) is 8.65. The van der Waals surface area contributed by atoms with Gasteiger partial charge in [-0.1, -0.05) is 29.8 Å². The molecule has 0 bridgehead atoms. The summed E-state index contributed by atoms with van der Waals surface area (Å²) in [6.45, 7) is 2.01. The molecule has 0 amide bonds. The first-order valence-corrected chi connectivity index (χ1v) is 5.96. The normalized spacial score (nSPS) is 12.3. The summed E-state index contributed by atoms with van der Waals surface area (Å²) in [6.07, 6.45) is 2.52. The molecule has 0 radical (unpaired) electrons. The van der Waals surface area contributed by atoms with Crippen molar-refractivity contribution in [3.63, 3.8) is 0 Å². The van der Waals surface area contributed by atoms with Gasteiger partial charge in [-0.15, -0.1) is 0 Å². The van der Waals surface area contributed by atoms with Crippen LogP contribution in [0.1, 0.15) is 16.9 Å². The van der Waals surface area contributed by atoms with Crippen LogP contribution in [0.15, 0.2) is 47.1 Å². The summed E-state index contributed by atoms with van der Waals surface area (Å²) in [4.78, 5) is 11.3. The van der Waals surface area contributed by atoms with Gasteiger partial charge in [-0.05, 0) is 31.0 Å². The molecule has 1 aromatic heterocycles. The van der Waals surface area contributed by atoms with Gasteiger partial charge in [0.15, 0.2) is 0 Å². The number of benzene rings is 1. The molecule has 1 atom stereocenters. The lowest BCUT2D eigenvalue weighted by atomic mass is 9.94. The summed E-state index contributed by atoms with van der Waals surface area (Å²) in [5.41, 5.74) is 2.20. The number of furan rings is 1. The zero-order chi connectivity index (χ0) is 13.0. The lowest BCUT2D eigenvalue weighted by molar-refractivity contribution is -0.141. The van der Waals surface area contributed by atoms with Crippen molar-refractivity contribution in [3.8, 4) is 0 Å². The Morgan fingerprint density at radius 2 is 2.11 bits per heavy atom. The standard InChI is InChI=1S/C15H16O3/c1-11-4-2-5-12(8-11)9-13(15(16)17)10-14-6-3-7-18-14/h2-8,13H,9-10H2,1H3,(H,16,17). The molecule has 0 saturated heterocycles. The fourth-order valence-corrected chi connectivity index (χ4v) is 2.04. The average Bonchev–Trinajstić information content (AvgIpc) is 2.81. The van der Waals surface area contributed by atoms with E-state index in [1.165, 1.54) is 0 Å². The smallest absolute Gasteiger partial charge is 0.307 e. The maximum absolute atomic E-state index is 11.3. The van der Waals surface area contributed by atoms with Crippen molar-refractivity contribution in [2.45, 2.75) is 19.8 Å². The van der Waals surface area contributed by atoms with Crippen LogP contribution >= 0.6 is 0 Å². The van der Waals surface area contributed by atoms with Crippen LogP contribution in [0.3, 0.4) is 0 Å². The zero-order valence-electron chi connectivity index (χ0n) is 10.3. The van der Waals surface area contributed by atoms with E-state index in [0.29, 0.717) is 12.8 Å². The number of hydrogen-bond acceptors (Lipinski definition) is 2. The topological polar surface area (TPSA) is 50.4 Å². The van der Waals surface area contributed by atoms with Gasteiger partial charge in [-0.25, -0.2) is 0 Å². The van der Waals surface area contributed by atoms with Crippen molar-refractivity contribution < 1.29 is 14.3 Å². The minimum absolute atomic E-state index is 0.427. The predicted molar refractivity (Wildman–Crippen MR) is 68.4 cm³/mol. The van der Waals surface area contributed by atoms with Gasteiger partial charge in [0.05, 0.1) is 12.2 Å². The fraction of sp³-hybridized carbons (Fsp3) is 0.267. The Bertz CT molecular complexity index is 514. The zero-order valence-corrected chi connectivity index (χ0v) is 10.3. The molecule has 0 saturated carbocycles. The molecular weight excluding hydrogens is 228 g/mol. The molecule has 1 unspecified atom stereocenters. The van der Waals surface area contributed by atoms with Gasteiger partial charge in [0.1, 0.15) is 5.76 Å². The summed E-state index contributed by atoms with van der Waals surface area (Å²) in [6, 6.07) is 11.5. The summed E-state index contributed by atoms with van der Waals surface area (Å²) < 4.78 is 5.21. The van der Waals surface area contributed by atoms with E-state index in [1.807, 2.05) is 37.3 Å². The van der Waals surface area contributed by atoms with Crippen LogP contribution in [0, 0.1) is 12.8 Å². The summed E-state index contributed by atoms with van der Waals surface area (Å²) >= 11 is 0. The number of aryl methyl sites for hydroxylation is 1. The third-order valence-corrected chi connectivity index (χ3v) is 2.94. The number of carboxylic acids is 1. The predicted octanol–water partition coefficient (Wildman–Crippen LogP) is 3.07. The molecule has 1 N–H and O–H groups in total. The van der Waals surface area contributed by atoms with E-state index in [2.05, 4.69) is 0 Å². The Morgan fingerprint density at radius 3 is 2.72 bits per heavy atom. The first kappa shape index (κ1) is 12.4. The lowest BCUT2D eigenvalue weighted by Crippen LogP contribution is -2.19. The molecular formula is C15H16O3. The highest BCUT2D eigenvalue weighted by Crippen LogP contribution is 2.16. The highest BCUT2D eigenvalue weighted by molar-refractivity contribution is 5.70. The molecule has 18 heavy (non-hydrogen) atoms. The van der Waals surface area contributed by atoms with Crippen molar-refractivity contribution in [2.24, 2.45) is 5.92 Å². The highest BCUT2D eigenvalue weighted by Gasteiger charge is 2.19. The Kier molecular flexibility index (Phi) is 3.82. The Balaban J connectivity index is 2.09. The van der Waals surface area contributed by atoms with E-state index >= 15 is 0 Å². The molecule has 1 aromatic carbocycles. The van der Waals surface area contributed by atoms with Crippen LogP contribution in [0.5, 0.6) is 0 Å². The molecule has 3 nitrogen and oxygen atoms in total. The van der Waals surface area contributed by atoms with Gasteiger partial charge in [-0.2, -0.15) is 0 Å². The SMILES string of the molecule is Cc1cccc(CC(Cc2ccco2)C(=O)O)c1. The number of aliphatic carboxylic acids is 1. The van der Waals surface area contributed by atoms with Crippen molar-refractivity contribution in [1.82, 2.24) is 0 Å². The molecule has 2 rings (SSSR count). The lowest BCUT2D eigenvalue weighted by Gasteiger charge is -2.11. The van der Waals surface area contributed by atoms with Crippen LogP contribution in [-0.4, -0.2) is 11.1 Å². The summed E-state index contributed by atoms with van der Waals surface area (Å²) in [7, 11) is 0. The monoisotopic (exact) mass is 244 g/mol. The van der Waals surface area contributed by atoms with E-state index in [0.717, 1.165) is 16.9 Å². The van der Waals surface area contributed by atoms with Crippen molar-refractivity contribution in [1.29, 1.82) is 0 Å². The van der Waals surface area contributed by atoms with Gasteiger partial charge in [0.25, 0.3) is 0 Å². The first-order valence-electron chi connectivity index (χ1n) is 5.96. The molecule has 1 heterocycles. The van der Waals surface area contributed by atoms with Crippen LogP contribution in [-0.2, 0) is 17.6 Å². The van der Waals surface area contributed by atoms with Gasteiger partial charge < -0.3 is 9.52 Å². The molecule has 0 aliphatic heterocycles. The maximum atomic E-state index is 11.3. The molecule has 0 aliphatic carbocycles. The Hall–Kier alpha value is -2.03. The minimum Gasteiger partial charge on any atom is -0.481 e. The van der Waals surface area contributed by atoms with E-state index in [-0.39, 0.29) is 0 Å². The Labute approximate surface area is 106 Å². The van der Waals surface area contributed by atoms with Crippen molar-refractivity contribution >= 4 is 5.97 Å². The molecule has 3 heteroatoms. The van der Waals surface area contributed by atoms with Crippen molar-refractivity contribution in [2.75, 3.05) is 0 Å². The number of rotatable bonds is 5. The number of carbonyl (C=O) groups is 1. The van der Waals surface area contributed by atoms with Crippen LogP contribution < -0.4 is 0 Å². The third kappa shape index (κ3) is 3.23. The quantitative estimate of drug-likeness (QED) is 0.879. The van der Waals surface area contributed by atoms with E-state index in [1.54, 1.807) is 12.3 Å². The second kappa shape index (κ2) is 5.54. The summed E-state index contributed by atoms with van der Waals surface area (Å²) in [5.74, 6) is -0.513. The van der Waals surface area contributed by atoms with Gasteiger partial charge in [0, 0.05) is 6.42 Å². The average molecular weight is 244 g/mol. The van der Waals surface area contributed by atoms with Gasteiger partial charge >= 0.3 is 5.97 Å². The maximum Gasteiger partial charge on any atom is 0.307 e.